The van der Waals surface area contributed by atoms with Crippen molar-refractivity contribution in [2.45, 2.75) is 19.2 Å². The van der Waals surface area contributed by atoms with Crippen LogP contribution < -0.4 is 10.3 Å². The smallest absolute Gasteiger partial charge is 0.433 e. The van der Waals surface area contributed by atoms with Gasteiger partial charge >= 0.3 is 6.18 Å². The average Bonchev–Trinajstić information content (AvgIpc) is 2.92. The van der Waals surface area contributed by atoms with Crippen LogP contribution in [0.3, 0.4) is 0 Å². The maximum Gasteiger partial charge on any atom is 0.433 e. The predicted octanol–water partition coefficient (Wildman–Crippen LogP) is 5.21. The second-order valence-corrected chi connectivity index (χ2v) is 6.97. The topological polar surface area (TPSA) is 47.0 Å². The van der Waals surface area contributed by atoms with Crippen molar-refractivity contribution in [3.63, 3.8) is 0 Å². The normalized spacial score (nSPS) is 11.6. The number of hydrogen-bond donors (Lipinski definition) is 1. The molecule has 1 heterocycles. The van der Waals surface area contributed by atoms with Crippen LogP contribution in [-0.4, -0.2) is 9.78 Å². The van der Waals surface area contributed by atoms with Gasteiger partial charge in [0.2, 0.25) is 0 Å². The fraction of sp³-hybridized carbons (Fsp3) is 0.211. The molecule has 1 aromatic heterocycles. The van der Waals surface area contributed by atoms with Crippen LogP contribution in [0.15, 0.2) is 47.3 Å². The van der Waals surface area contributed by atoms with E-state index in [-0.39, 0.29) is 28.8 Å². The first-order chi connectivity index (χ1) is 13.2. The van der Waals surface area contributed by atoms with E-state index in [1.807, 2.05) is 35.4 Å². The van der Waals surface area contributed by atoms with Crippen LogP contribution in [0.5, 0.6) is 5.75 Å². The molecule has 28 heavy (non-hydrogen) atoms. The van der Waals surface area contributed by atoms with Gasteiger partial charge in [-0.15, -0.1) is 0 Å². The van der Waals surface area contributed by atoms with Gasteiger partial charge in [0.05, 0.1) is 10.6 Å². The summed E-state index contributed by atoms with van der Waals surface area (Å²) in [6.07, 6.45) is -5.01. The summed E-state index contributed by atoms with van der Waals surface area (Å²) in [4.78, 5) is 12.1. The first kappa shape index (κ1) is 20.4. The van der Waals surface area contributed by atoms with E-state index in [9.17, 15) is 18.0 Å². The van der Waals surface area contributed by atoms with Gasteiger partial charge in [0.1, 0.15) is 18.1 Å². The molecule has 3 rings (SSSR count). The molecule has 0 aliphatic rings. The number of rotatable bonds is 5. The van der Waals surface area contributed by atoms with E-state index in [2.05, 4.69) is 0 Å². The van der Waals surface area contributed by atoms with Crippen molar-refractivity contribution in [2.75, 3.05) is 0 Å². The van der Waals surface area contributed by atoms with Crippen molar-refractivity contribution in [3.8, 4) is 5.75 Å². The molecule has 0 bridgehead atoms. The zero-order valence-electron chi connectivity index (χ0n) is 14.6. The van der Waals surface area contributed by atoms with Crippen LogP contribution in [0, 0.1) is 0 Å². The zero-order chi connectivity index (χ0) is 20.5. The summed E-state index contributed by atoms with van der Waals surface area (Å²) in [7, 11) is 1.22. The number of halogens is 5. The van der Waals surface area contributed by atoms with Crippen LogP contribution in [0.1, 0.15) is 22.4 Å². The van der Waals surface area contributed by atoms with E-state index in [1.165, 1.54) is 19.2 Å². The predicted molar refractivity (Wildman–Crippen MR) is 101 cm³/mol. The van der Waals surface area contributed by atoms with E-state index in [4.69, 9.17) is 27.9 Å². The molecule has 0 saturated heterocycles. The number of ether oxygens (including phenoxy) is 1. The lowest BCUT2D eigenvalue weighted by Gasteiger charge is -2.12. The van der Waals surface area contributed by atoms with Crippen molar-refractivity contribution in [1.82, 2.24) is 9.78 Å². The third-order valence-corrected chi connectivity index (χ3v) is 4.78. The largest absolute Gasteiger partial charge is 0.487 e. The Morgan fingerprint density at radius 3 is 2.43 bits per heavy atom. The fourth-order valence-corrected chi connectivity index (χ4v) is 3.24. The van der Waals surface area contributed by atoms with Gasteiger partial charge < -0.3 is 4.74 Å². The third-order valence-electron chi connectivity index (χ3n) is 4.13. The van der Waals surface area contributed by atoms with Crippen molar-refractivity contribution < 1.29 is 17.9 Å². The summed E-state index contributed by atoms with van der Waals surface area (Å²) in [5, 5.41) is 2.42. The SMILES string of the molecule is Cn1[nH]c(C(F)(F)F)c(Cc2cc(OCc3ccccc3)c(Cl)cc2Cl)c1=O. The van der Waals surface area contributed by atoms with Crippen molar-refractivity contribution in [2.24, 2.45) is 7.05 Å². The number of nitrogens with zero attached hydrogens (tertiary/aromatic N) is 1. The Morgan fingerprint density at radius 2 is 1.79 bits per heavy atom. The van der Waals surface area contributed by atoms with Gasteiger partial charge in [0, 0.05) is 18.5 Å². The molecule has 2 aromatic carbocycles. The molecule has 3 aromatic rings. The second kappa shape index (κ2) is 7.93. The van der Waals surface area contributed by atoms with Gasteiger partial charge in [0.15, 0.2) is 0 Å². The number of aromatic amines is 1. The van der Waals surface area contributed by atoms with Crippen LogP contribution in [0.4, 0.5) is 13.2 Å². The summed E-state index contributed by atoms with van der Waals surface area (Å²) >= 11 is 12.3. The summed E-state index contributed by atoms with van der Waals surface area (Å²) < 4.78 is 46.2. The molecule has 0 aliphatic heterocycles. The Labute approximate surface area is 168 Å². The van der Waals surface area contributed by atoms with Gasteiger partial charge in [-0.2, -0.15) is 13.2 Å². The molecule has 0 spiro atoms. The molecule has 0 unspecified atom stereocenters. The number of aromatic nitrogens is 2. The molecule has 0 radical (unpaired) electrons. The molecule has 0 aliphatic carbocycles. The van der Waals surface area contributed by atoms with Gasteiger partial charge in [-0.1, -0.05) is 53.5 Å². The fourth-order valence-electron chi connectivity index (χ4n) is 2.74. The lowest BCUT2D eigenvalue weighted by Crippen LogP contribution is -2.16. The minimum absolute atomic E-state index is 0.147. The number of benzene rings is 2. The highest BCUT2D eigenvalue weighted by atomic mass is 35.5. The minimum Gasteiger partial charge on any atom is -0.487 e. The molecule has 0 amide bonds. The maximum absolute atomic E-state index is 13.2. The summed E-state index contributed by atoms with van der Waals surface area (Å²) in [6.45, 7) is 0.224. The minimum atomic E-state index is -4.69. The van der Waals surface area contributed by atoms with Gasteiger partial charge in [-0.25, -0.2) is 0 Å². The number of aryl methyl sites for hydroxylation is 1. The Bertz CT molecular complexity index is 1040. The number of H-pyrrole nitrogens is 1. The quantitative estimate of drug-likeness (QED) is 0.603. The Balaban J connectivity index is 1.92. The van der Waals surface area contributed by atoms with Crippen LogP contribution >= 0.6 is 23.2 Å². The molecule has 4 nitrogen and oxygen atoms in total. The standard InChI is InChI=1S/C19H15Cl2F3N2O2/c1-26-18(27)13(17(25-26)19(22,23)24)7-12-8-16(15(21)9-14(12)20)28-10-11-5-3-2-4-6-11/h2-6,8-9,25H,7,10H2,1H3. The summed E-state index contributed by atoms with van der Waals surface area (Å²) in [5.74, 6) is 0.269. The van der Waals surface area contributed by atoms with E-state index < -0.39 is 23.0 Å². The van der Waals surface area contributed by atoms with Crippen LogP contribution in [0.2, 0.25) is 10.0 Å². The number of hydrogen-bond acceptors (Lipinski definition) is 2. The molecular weight excluding hydrogens is 416 g/mol. The van der Waals surface area contributed by atoms with Crippen LogP contribution in [0.25, 0.3) is 0 Å². The first-order valence-corrected chi connectivity index (χ1v) is 8.92. The zero-order valence-corrected chi connectivity index (χ0v) is 16.1. The monoisotopic (exact) mass is 430 g/mol. The Morgan fingerprint density at radius 1 is 1.11 bits per heavy atom. The molecular formula is C19H15Cl2F3N2O2. The Hall–Kier alpha value is -2.38. The molecule has 0 fully saturated rings. The lowest BCUT2D eigenvalue weighted by atomic mass is 10.0. The molecule has 148 valence electrons. The maximum atomic E-state index is 13.2. The highest BCUT2D eigenvalue weighted by Crippen LogP contribution is 2.35. The van der Waals surface area contributed by atoms with Gasteiger partial charge in [-0.05, 0) is 23.3 Å². The number of nitrogens with one attached hydrogen (secondary N) is 1. The Kier molecular flexibility index (Phi) is 5.76. The highest BCUT2D eigenvalue weighted by Gasteiger charge is 2.37. The van der Waals surface area contributed by atoms with Crippen LogP contribution in [-0.2, 0) is 26.3 Å². The van der Waals surface area contributed by atoms with Gasteiger partial charge in [0.25, 0.3) is 5.56 Å². The van der Waals surface area contributed by atoms with Crippen molar-refractivity contribution in [3.05, 3.63) is 85.2 Å². The number of alkyl halides is 3. The first-order valence-electron chi connectivity index (χ1n) is 8.16. The highest BCUT2D eigenvalue weighted by molar-refractivity contribution is 6.36. The second-order valence-electron chi connectivity index (χ2n) is 6.15. The molecule has 1 N–H and O–H groups in total. The van der Waals surface area contributed by atoms with Crippen molar-refractivity contribution in [1.29, 1.82) is 0 Å². The average molecular weight is 431 g/mol. The summed E-state index contributed by atoms with van der Waals surface area (Å²) in [5.41, 5.74) is -1.10. The lowest BCUT2D eigenvalue weighted by molar-refractivity contribution is -0.142. The molecule has 0 saturated carbocycles. The van der Waals surface area contributed by atoms with Crippen molar-refractivity contribution >= 4 is 23.2 Å². The molecule has 0 atom stereocenters. The third kappa shape index (κ3) is 4.36. The van der Waals surface area contributed by atoms with E-state index >= 15 is 0 Å². The van der Waals surface area contributed by atoms with E-state index in [1.54, 1.807) is 0 Å². The summed E-state index contributed by atoms with van der Waals surface area (Å²) in [6, 6.07) is 12.2. The van der Waals surface area contributed by atoms with E-state index in [0.29, 0.717) is 5.56 Å². The van der Waals surface area contributed by atoms with E-state index in [0.717, 1.165) is 10.2 Å². The molecule has 9 heteroatoms. The van der Waals surface area contributed by atoms with Gasteiger partial charge in [-0.3, -0.25) is 14.6 Å².